The van der Waals surface area contributed by atoms with Gasteiger partial charge >= 0.3 is 0 Å². The predicted molar refractivity (Wildman–Crippen MR) is 133 cm³/mol. The van der Waals surface area contributed by atoms with Gasteiger partial charge in [0, 0.05) is 37.6 Å². The van der Waals surface area contributed by atoms with Gasteiger partial charge in [-0.3, -0.25) is 9.69 Å². The van der Waals surface area contributed by atoms with E-state index >= 15 is 0 Å². The highest BCUT2D eigenvalue weighted by atomic mass is 32.1. The zero-order valence-corrected chi connectivity index (χ0v) is 20.2. The molecule has 0 radical (unpaired) electrons. The molecule has 1 unspecified atom stereocenters. The highest BCUT2D eigenvalue weighted by molar-refractivity contribution is 7.10. The predicted octanol–water partition coefficient (Wildman–Crippen LogP) is 4.27. The van der Waals surface area contributed by atoms with Crippen LogP contribution in [0.2, 0.25) is 0 Å². The van der Waals surface area contributed by atoms with Crippen LogP contribution in [0, 0.1) is 11.3 Å². The molecule has 7 heteroatoms. The van der Waals surface area contributed by atoms with Crippen molar-refractivity contribution in [1.29, 1.82) is 5.26 Å². The summed E-state index contributed by atoms with van der Waals surface area (Å²) in [4.78, 5) is 18.1. The summed E-state index contributed by atoms with van der Waals surface area (Å²) in [6, 6.07) is 21.6. The van der Waals surface area contributed by atoms with E-state index in [0.29, 0.717) is 18.6 Å². The average Bonchev–Trinajstić information content (AvgIpc) is 3.40. The van der Waals surface area contributed by atoms with Crippen molar-refractivity contribution in [3.63, 3.8) is 0 Å². The van der Waals surface area contributed by atoms with Crippen molar-refractivity contribution in [2.75, 3.05) is 39.8 Å². The minimum Gasteiger partial charge on any atom is -0.497 e. The van der Waals surface area contributed by atoms with Crippen molar-refractivity contribution in [1.82, 2.24) is 9.80 Å². The van der Waals surface area contributed by atoms with Crippen LogP contribution in [0.15, 0.2) is 66.0 Å². The van der Waals surface area contributed by atoms with Crippen molar-refractivity contribution in [3.8, 4) is 11.8 Å². The number of methoxy groups -OCH3 is 1. The number of ether oxygens (including phenoxy) is 2. The van der Waals surface area contributed by atoms with Gasteiger partial charge in [0.2, 0.25) is 5.91 Å². The Labute approximate surface area is 204 Å². The van der Waals surface area contributed by atoms with Crippen LogP contribution in [0.3, 0.4) is 0 Å². The summed E-state index contributed by atoms with van der Waals surface area (Å²) >= 11 is 1.63. The van der Waals surface area contributed by atoms with Gasteiger partial charge in [-0.05, 0) is 46.8 Å². The first kappa shape index (κ1) is 24.0. The molecule has 4 rings (SSSR count). The van der Waals surface area contributed by atoms with Gasteiger partial charge in [-0.2, -0.15) is 5.26 Å². The minimum absolute atomic E-state index is 0.140. The number of piperazine rings is 1. The van der Waals surface area contributed by atoms with Crippen molar-refractivity contribution in [3.05, 3.63) is 87.6 Å². The molecule has 1 fully saturated rings. The molecule has 1 saturated heterocycles. The lowest BCUT2D eigenvalue weighted by molar-refractivity contribution is -0.132. The second-order valence-electron chi connectivity index (χ2n) is 8.32. The van der Waals surface area contributed by atoms with Gasteiger partial charge in [0.15, 0.2) is 0 Å². The summed E-state index contributed by atoms with van der Waals surface area (Å²) in [7, 11) is 1.66. The first-order valence-electron chi connectivity index (χ1n) is 11.4. The number of hydrogen-bond acceptors (Lipinski definition) is 6. The molecule has 2 aromatic carbocycles. The monoisotopic (exact) mass is 475 g/mol. The van der Waals surface area contributed by atoms with Crippen molar-refractivity contribution < 1.29 is 14.3 Å². The number of amides is 1. The van der Waals surface area contributed by atoms with Crippen LogP contribution in [-0.2, 0) is 22.6 Å². The van der Waals surface area contributed by atoms with E-state index < -0.39 is 0 Å². The summed E-state index contributed by atoms with van der Waals surface area (Å²) in [5, 5.41) is 11.0. The molecule has 0 aliphatic carbocycles. The second-order valence-corrected chi connectivity index (χ2v) is 9.35. The first-order valence-corrected chi connectivity index (χ1v) is 12.3. The van der Waals surface area contributed by atoms with E-state index in [2.05, 4.69) is 17.0 Å². The maximum atomic E-state index is 12.6. The number of hydrogen-bond donors (Lipinski definition) is 0. The lowest BCUT2D eigenvalue weighted by Crippen LogP contribution is -2.50. The quantitative estimate of drug-likeness (QED) is 0.462. The highest BCUT2D eigenvalue weighted by Gasteiger charge is 2.24. The van der Waals surface area contributed by atoms with Crippen LogP contribution >= 0.6 is 11.3 Å². The van der Waals surface area contributed by atoms with E-state index in [1.807, 2.05) is 64.9 Å². The molecule has 1 aliphatic rings. The third-order valence-corrected chi connectivity index (χ3v) is 6.93. The van der Waals surface area contributed by atoms with Crippen molar-refractivity contribution >= 4 is 17.2 Å². The summed E-state index contributed by atoms with van der Waals surface area (Å²) in [5.74, 6) is 0.997. The molecule has 1 aromatic heterocycles. The maximum absolute atomic E-state index is 12.6. The number of rotatable bonds is 9. The highest BCUT2D eigenvalue weighted by Crippen LogP contribution is 2.25. The van der Waals surface area contributed by atoms with Gasteiger partial charge in [0.05, 0.1) is 37.9 Å². The molecule has 6 nitrogen and oxygen atoms in total. The average molecular weight is 476 g/mol. The summed E-state index contributed by atoms with van der Waals surface area (Å²) < 4.78 is 11.8. The van der Waals surface area contributed by atoms with Crippen LogP contribution in [0.1, 0.15) is 27.7 Å². The van der Waals surface area contributed by atoms with Gasteiger partial charge in [-0.1, -0.05) is 30.3 Å². The fourth-order valence-electron chi connectivity index (χ4n) is 4.06. The molecule has 176 valence electrons. The smallest absolute Gasteiger partial charge is 0.227 e. The van der Waals surface area contributed by atoms with Gasteiger partial charge in [0.25, 0.3) is 0 Å². The van der Waals surface area contributed by atoms with Gasteiger partial charge in [-0.15, -0.1) is 11.3 Å². The molecular weight excluding hydrogens is 446 g/mol. The molecule has 3 aromatic rings. The van der Waals surface area contributed by atoms with E-state index in [1.54, 1.807) is 18.4 Å². The molecular formula is C27H29N3O3S. The topological polar surface area (TPSA) is 65.8 Å². The number of nitrogens with zero attached hydrogens (tertiary/aromatic N) is 3. The van der Waals surface area contributed by atoms with E-state index in [-0.39, 0.29) is 12.0 Å². The summed E-state index contributed by atoms with van der Waals surface area (Å²) in [6.45, 7) is 4.27. The lowest BCUT2D eigenvalue weighted by atomic mass is 10.1. The molecule has 0 saturated carbocycles. The molecule has 1 atom stereocenters. The lowest BCUT2D eigenvalue weighted by Gasteiger charge is -2.36. The zero-order valence-electron chi connectivity index (χ0n) is 19.4. The third-order valence-electron chi connectivity index (χ3n) is 6.05. The first-order chi connectivity index (χ1) is 16.6. The Hall–Kier alpha value is -3.18. The molecule has 0 N–H and O–H groups in total. The van der Waals surface area contributed by atoms with Crippen LogP contribution in [0.4, 0.5) is 0 Å². The van der Waals surface area contributed by atoms with Gasteiger partial charge in [-0.25, -0.2) is 0 Å². The maximum Gasteiger partial charge on any atom is 0.227 e. The normalized spacial score (nSPS) is 15.0. The Morgan fingerprint density at radius 1 is 1.09 bits per heavy atom. The Morgan fingerprint density at radius 3 is 2.56 bits per heavy atom. The fraction of sp³-hybridized carbons (Fsp3) is 0.333. The summed E-state index contributed by atoms with van der Waals surface area (Å²) in [5.41, 5.74) is 2.72. The van der Waals surface area contributed by atoms with Crippen LogP contribution in [-0.4, -0.2) is 55.5 Å². The Kier molecular flexibility index (Phi) is 8.31. The molecule has 34 heavy (non-hydrogen) atoms. The molecule has 1 amide bonds. The molecule has 0 bridgehead atoms. The molecule has 0 spiro atoms. The van der Waals surface area contributed by atoms with Crippen molar-refractivity contribution in [2.45, 2.75) is 19.1 Å². The second kappa shape index (κ2) is 11.8. The van der Waals surface area contributed by atoms with Crippen LogP contribution in [0.5, 0.6) is 5.75 Å². The number of benzene rings is 2. The SMILES string of the molecule is COc1cccc(C(CN2CCN(C(=O)Cc3cccs3)CC2)OCc2ccc(C#N)cc2)c1. The fourth-order valence-corrected chi connectivity index (χ4v) is 4.75. The Bertz CT molecular complexity index is 1100. The Balaban J connectivity index is 1.37. The van der Waals surface area contributed by atoms with E-state index in [1.165, 1.54) is 0 Å². The van der Waals surface area contributed by atoms with Gasteiger partial charge in [0.1, 0.15) is 5.75 Å². The van der Waals surface area contributed by atoms with Crippen LogP contribution in [0.25, 0.3) is 0 Å². The number of nitriles is 1. The zero-order chi connectivity index (χ0) is 23.8. The molecule has 2 heterocycles. The summed E-state index contributed by atoms with van der Waals surface area (Å²) in [6.07, 6.45) is 0.344. The standard InChI is InChI=1S/C27H29N3O3S/c1-32-24-5-2-4-23(16-24)26(33-20-22-9-7-21(18-28)8-10-22)19-29-11-13-30(14-12-29)27(31)17-25-6-3-15-34-25/h2-10,15-16,26H,11-14,17,19-20H2,1H3. The van der Waals surface area contributed by atoms with Crippen LogP contribution < -0.4 is 4.74 Å². The number of carbonyl (C=O) groups is 1. The van der Waals surface area contributed by atoms with Gasteiger partial charge < -0.3 is 14.4 Å². The number of carbonyl (C=O) groups excluding carboxylic acids is 1. The van der Waals surface area contributed by atoms with E-state index in [0.717, 1.165) is 54.5 Å². The van der Waals surface area contributed by atoms with Crippen molar-refractivity contribution in [2.24, 2.45) is 0 Å². The third kappa shape index (κ3) is 6.45. The minimum atomic E-state index is -0.140. The Morgan fingerprint density at radius 2 is 1.88 bits per heavy atom. The molecule has 1 aliphatic heterocycles. The van der Waals surface area contributed by atoms with E-state index in [4.69, 9.17) is 14.7 Å². The number of thiophene rings is 1. The largest absolute Gasteiger partial charge is 0.497 e. The van der Waals surface area contributed by atoms with E-state index in [9.17, 15) is 4.79 Å².